The molecule has 0 fully saturated rings. The molecule has 5 nitrogen and oxygen atoms in total. The zero-order valence-electron chi connectivity index (χ0n) is 11.8. The van der Waals surface area contributed by atoms with Gasteiger partial charge in [-0.25, -0.2) is 9.37 Å². The summed E-state index contributed by atoms with van der Waals surface area (Å²) in [5, 5.41) is 14.5. The maximum atomic E-state index is 13.6. The van der Waals surface area contributed by atoms with Gasteiger partial charge < -0.3 is 5.11 Å². The lowest BCUT2D eigenvalue weighted by atomic mass is 10.1. The highest BCUT2D eigenvalue weighted by Crippen LogP contribution is 2.32. The fourth-order valence-electron chi connectivity index (χ4n) is 2.29. The Hall–Kier alpha value is -1.80. The van der Waals surface area contributed by atoms with Gasteiger partial charge in [0, 0.05) is 11.9 Å². The standard InChI is InChI=1S/C15H10Br2FN3O2/c1-2-21-12(8-5-7(18)3-4-10(8)20-21)14(23)11-6-9(16)13(22)15(17)19-11/h3-6,22H,2H2,1H3. The van der Waals surface area contributed by atoms with Crippen LogP contribution in [0.1, 0.15) is 23.1 Å². The molecule has 0 aliphatic rings. The quantitative estimate of drug-likeness (QED) is 0.490. The Kier molecular flexibility index (Phi) is 4.20. The smallest absolute Gasteiger partial charge is 0.230 e. The van der Waals surface area contributed by atoms with E-state index in [1.165, 1.54) is 28.9 Å². The molecule has 0 atom stereocenters. The molecule has 118 valence electrons. The molecule has 3 rings (SSSR count). The fraction of sp³-hybridized carbons (Fsp3) is 0.133. The highest BCUT2D eigenvalue weighted by Gasteiger charge is 2.22. The molecule has 0 spiro atoms. The minimum Gasteiger partial charge on any atom is -0.504 e. The number of aromatic hydroxyl groups is 1. The van der Waals surface area contributed by atoms with Gasteiger partial charge in [0.1, 0.15) is 21.8 Å². The van der Waals surface area contributed by atoms with Crippen molar-refractivity contribution in [3.63, 3.8) is 0 Å². The largest absolute Gasteiger partial charge is 0.504 e. The van der Waals surface area contributed by atoms with Crippen LogP contribution < -0.4 is 0 Å². The molecule has 0 aliphatic heterocycles. The monoisotopic (exact) mass is 441 g/mol. The number of carbonyl (C=O) groups is 1. The predicted molar refractivity (Wildman–Crippen MR) is 90.1 cm³/mol. The van der Waals surface area contributed by atoms with E-state index in [1.807, 2.05) is 6.92 Å². The van der Waals surface area contributed by atoms with Crippen molar-refractivity contribution in [2.75, 3.05) is 0 Å². The lowest BCUT2D eigenvalue weighted by Crippen LogP contribution is -2.12. The van der Waals surface area contributed by atoms with Gasteiger partial charge in [-0.05, 0) is 63.0 Å². The molecule has 1 aromatic carbocycles. The van der Waals surface area contributed by atoms with Crippen LogP contribution in [0.2, 0.25) is 0 Å². The van der Waals surface area contributed by atoms with Crippen molar-refractivity contribution in [1.29, 1.82) is 0 Å². The summed E-state index contributed by atoms with van der Waals surface area (Å²) in [5.41, 5.74) is 0.912. The normalized spacial score (nSPS) is 11.1. The maximum absolute atomic E-state index is 13.6. The van der Waals surface area contributed by atoms with Crippen molar-refractivity contribution in [2.45, 2.75) is 13.5 Å². The third-order valence-electron chi connectivity index (χ3n) is 3.35. The Morgan fingerprint density at radius 1 is 1.35 bits per heavy atom. The zero-order chi connectivity index (χ0) is 16.7. The van der Waals surface area contributed by atoms with Crippen molar-refractivity contribution < 1.29 is 14.3 Å². The van der Waals surface area contributed by atoms with Gasteiger partial charge >= 0.3 is 0 Å². The van der Waals surface area contributed by atoms with Crippen LogP contribution in [0.5, 0.6) is 5.75 Å². The number of rotatable bonds is 3. The Labute approximate surface area is 147 Å². The maximum Gasteiger partial charge on any atom is 0.230 e. The van der Waals surface area contributed by atoms with Gasteiger partial charge in [-0.2, -0.15) is 5.10 Å². The first-order chi connectivity index (χ1) is 10.9. The number of carbonyl (C=O) groups excluding carboxylic acids is 1. The minimum atomic E-state index is -0.441. The second kappa shape index (κ2) is 6.01. The Morgan fingerprint density at radius 3 is 2.74 bits per heavy atom. The van der Waals surface area contributed by atoms with Crippen LogP contribution in [-0.2, 0) is 6.54 Å². The minimum absolute atomic E-state index is 0.0959. The molecule has 8 heteroatoms. The van der Waals surface area contributed by atoms with E-state index in [4.69, 9.17) is 0 Å². The number of aromatic nitrogens is 3. The van der Waals surface area contributed by atoms with Crippen LogP contribution in [0.3, 0.4) is 0 Å². The highest BCUT2D eigenvalue weighted by molar-refractivity contribution is 9.11. The van der Waals surface area contributed by atoms with Crippen LogP contribution >= 0.6 is 31.9 Å². The molecule has 0 aliphatic carbocycles. The van der Waals surface area contributed by atoms with Crippen molar-refractivity contribution in [3.8, 4) is 5.75 Å². The van der Waals surface area contributed by atoms with E-state index in [0.29, 0.717) is 21.9 Å². The lowest BCUT2D eigenvalue weighted by Gasteiger charge is -2.06. The van der Waals surface area contributed by atoms with Gasteiger partial charge in [-0.15, -0.1) is 0 Å². The second-order valence-electron chi connectivity index (χ2n) is 4.78. The van der Waals surface area contributed by atoms with Gasteiger partial charge in [0.05, 0.1) is 9.99 Å². The molecule has 0 bridgehead atoms. The van der Waals surface area contributed by atoms with Crippen LogP contribution in [0, 0.1) is 5.82 Å². The summed E-state index contributed by atoms with van der Waals surface area (Å²) in [5.74, 6) is -0.939. The van der Waals surface area contributed by atoms with Crippen molar-refractivity contribution >= 4 is 48.5 Å². The first kappa shape index (κ1) is 16.1. The Morgan fingerprint density at radius 2 is 2.09 bits per heavy atom. The van der Waals surface area contributed by atoms with Gasteiger partial charge in [0.25, 0.3) is 0 Å². The van der Waals surface area contributed by atoms with Gasteiger partial charge in [0.2, 0.25) is 5.78 Å². The Balaban J connectivity index is 2.23. The molecule has 0 saturated heterocycles. The average molecular weight is 443 g/mol. The van der Waals surface area contributed by atoms with Crippen LogP contribution in [0.4, 0.5) is 4.39 Å². The SMILES string of the molecule is CCn1nc2ccc(F)cc2c1C(=O)c1cc(Br)c(O)c(Br)n1. The van der Waals surface area contributed by atoms with Gasteiger partial charge in [-0.3, -0.25) is 9.48 Å². The molecular weight excluding hydrogens is 433 g/mol. The van der Waals surface area contributed by atoms with Gasteiger partial charge in [0.15, 0.2) is 5.75 Å². The summed E-state index contributed by atoms with van der Waals surface area (Å²) in [4.78, 5) is 16.9. The molecule has 0 unspecified atom stereocenters. The number of hydrogen-bond acceptors (Lipinski definition) is 4. The average Bonchev–Trinajstić information content (AvgIpc) is 2.89. The number of aryl methyl sites for hydroxylation is 1. The summed E-state index contributed by atoms with van der Waals surface area (Å²) in [6, 6.07) is 5.53. The number of hydrogen-bond donors (Lipinski definition) is 1. The van der Waals surface area contributed by atoms with E-state index in [-0.39, 0.29) is 21.7 Å². The van der Waals surface area contributed by atoms with Crippen LogP contribution in [0.15, 0.2) is 33.3 Å². The van der Waals surface area contributed by atoms with E-state index in [1.54, 1.807) is 0 Å². The first-order valence-corrected chi connectivity index (χ1v) is 8.26. The van der Waals surface area contributed by atoms with E-state index >= 15 is 0 Å². The number of benzene rings is 1. The van der Waals surface area contributed by atoms with Crippen LogP contribution in [-0.4, -0.2) is 25.7 Å². The summed E-state index contributed by atoms with van der Waals surface area (Å²) >= 11 is 6.27. The fourth-order valence-corrected chi connectivity index (χ4v) is 3.36. The summed E-state index contributed by atoms with van der Waals surface area (Å²) < 4.78 is 15.6. The molecule has 2 aromatic heterocycles. The summed E-state index contributed by atoms with van der Waals surface area (Å²) in [7, 11) is 0. The molecule has 2 heterocycles. The van der Waals surface area contributed by atoms with Gasteiger partial charge in [-0.1, -0.05) is 0 Å². The van der Waals surface area contributed by atoms with Crippen molar-refractivity contribution in [3.05, 3.63) is 50.5 Å². The number of nitrogens with zero attached hydrogens (tertiary/aromatic N) is 3. The second-order valence-corrected chi connectivity index (χ2v) is 6.39. The van der Waals surface area contributed by atoms with Crippen molar-refractivity contribution in [1.82, 2.24) is 14.8 Å². The van der Waals surface area contributed by atoms with E-state index < -0.39 is 11.6 Å². The third kappa shape index (κ3) is 2.76. The molecule has 0 radical (unpaired) electrons. The summed E-state index contributed by atoms with van der Waals surface area (Å²) in [6.45, 7) is 2.30. The number of halogens is 3. The Bertz CT molecular complexity index is 917. The third-order valence-corrected chi connectivity index (χ3v) is 4.51. The molecule has 0 amide bonds. The number of ketones is 1. The number of fused-ring (bicyclic) bond motifs is 1. The molecular formula is C15H10Br2FN3O2. The molecule has 0 saturated carbocycles. The predicted octanol–water partition coefficient (Wildman–Crippen LogP) is 4.05. The first-order valence-electron chi connectivity index (χ1n) is 6.68. The summed E-state index contributed by atoms with van der Waals surface area (Å²) in [6.07, 6.45) is 0. The molecule has 1 N–H and O–H groups in total. The zero-order valence-corrected chi connectivity index (χ0v) is 15.0. The molecule has 3 aromatic rings. The van der Waals surface area contributed by atoms with Crippen LogP contribution in [0.25, 0.3) is 10.9 Å². The topological polar surface area (TPSA) is 68.0 Å². The van der Waals surface area contributed by atoms with E-state index in [9.17, 15) is 14.3 Å². The number of pyridine rings is 1. The lowest BCUT2D eigenvalue weighted by molar-refractivity contribution is 0.102. The van der Waals surface area contributed by atoms with E-state index in [0.717, 1.165) is 0 Å². The molecule has 23 heavy (non-hydrogen) atoms. The van der Waals surface area contributed by atoms with Crippen molar-refractivity contribution in [2.24, 2.45) is 0 Å². The highest BCUT2D eigenvalue weighted by atomic mass is 79.9. The van der Waals surface area contributed by atoms with E-state index in [2.05, 4.69) is 41.9 Å².